The molecule has 24 heavy (non-hydrogen) atoms. The zero-order chi connectivity index (χ0) is 17.9. The van der Waals surface area contributed by atoms with E-state index in [1.165, 1.54) is 12.8 Å². The molecule has 6 nitrogen and oxygen atoms in total. The van der Waals surface area contributed by atoms with Gasteiger partial charge in [0.2, 0.25) is 5.91 Å². The first-order chi connectivity index (χ1) is 11.7. The molecule has 0 radical (unpaired) electrons. The van der Waals surface area contributed by atoms with Crippen molar-refractivity contribution in [3.8, 4) is 0 Å². The van der Waals surface area contributed by atoms with Gasteiger partial charge in [0.1, 0.15) is 0 Å². The number of unbranched alkanes of at least 4 members (excludes halogenated alkanes) is 3. The first-order valence-corrected chi connectivity index (χ1v) is 9.18. The van der Waals surface area contributed by atoms with Gasteiger partial charge in [0, 0.05) is 40.8 Å². The minimum Gasteiger partial charge on any atom is -0.385 e. The third-order valence-corrected chi connectivity index (χ3v) is 3.27. The Bertz CT molecular complexity index is 280. The van der Waals surface area contributed by atoms with Crippen molar-refractivity contribution in [3.05, 3.63) is 0 Å². The van der Waals surface area contributed by atoms with Gasteiger partial charge in [-0.25, -0.2) is 0 Å². The Morgan fingerprint density at radius 1 is 0.792 bits per heavy atom. The van der Waals surface area contributed by atoms with Gasteiger partial charge in [-0.3, -0.25) is 4.79 Å². The molecule has 0 saturated heterocycles. The van der Waals surface area contributed by atoms with Crippen LogP contribution in [-0.4, -0.2) is 65.3 Å². The normalized spacial score (nSPS) is 11.2. The third-order valence-electron chi connectivity index (χ3n) is 3.27. The molecule has 0 atom stereocenters. The minimum absolute atomic E-state index is 0. The smallest absolute Gasteiger partial charge is 0.220 e. The molecular formula is C18H39NO5. The van der Waals surface area contributed by atoms with E-state index in [-0.39, 0.29) is 13.4 Å². The maximum Gasteiger partial charge on any atom is 0.220 e. The van der Waals surface area contributed by atoms with Crippen LogP contribution in [0.3, 0.4) is 0 Å². The van der Waals surface area contributed by atoms with Crippen molar-refractivity contribution in [2.75, 3.05) is 53.4 Å². The van der Waals surface area contributed by atoms with Crippen molar-refractivity contribution in [3.63, 3.8) is 0 Å². The molecule has 0 aliphatic rings. The zero-order valence-electron chi connectivity index (χ0n) is 15.8. The number of carbonyl (C=O) groups excluding carboxylic acids is 1. The van der Waals surface area contributed by atoms with E-state index in [1.807, 2.05) is 13.8 Å². The standard InChI is InChI=1S/C18H37NO5.H2/c1-17(2)19-18(20)9-8-12-23-14-16-24-15-13-22-11-7-5-4-6-10-21-3;/h17H,4-16H2,1-3H3,(H,19,20);1H. The highest BCUT2D eigenvalue weighted by Gasteiger charge is 2.02. The number of rotatable bonds is 18. The van der Waals surface area contributed by atoms with E-state index >= 15 is 0 Å². The van der Waals surface area contributed by atoms with Crippen LogP contribution in [0.25, 0.3) is 0 Å². The highest BCUT2D eigenvalue weighted by molar-refractivity contribution is 5.76. The lowest BCUT2D eigenvalue weighted by molar-refractivity contribution is -0.121. The largest absolute Gasteiger partial charge is 0.385 e. The fourth-order valence-electron chi connectivity index (χ4n) is 2.07. The summed E-state index contributed by atoms with van der Waals surface area (Å²) in [6, 6.07) is 0.199. The van der Waals surface area contributed by atoms with E-state index in [4.69, 9.17) is 18.9 Å². The molecule has 1 N–H and O–H groups in total. The molecule has 0 rings (SSSR count). The Kier molecular flexibility index (Phi) is 18.1. The molecule has 0 heterocycles. The molecule has 0 aliphatic heterocycles. The Morgan fingerprint density at radius 2 is 1.29 bits per heavy atom. The predicted molar refractivity (Wildman–Crippen MR) is 97.4 cm³/mol. The van der Waals surface area contributed by atoms with Gasteiger partial charge in [-0.2, -0.15) is 0 Å². The van der Waals surface area contributed by atoms with Crippen LogP contribution >= 0.6 is 0 Å². The monoisotopic (exact) mass is 349 g/mol. The molecular weight excluding hydrogens is 310 g/mol. The summed E-state index contributed by atoms with van der Waals surface area (Å²) in [6.45, 7) is 8.51. The molecule has 0 aromatic rings. The van der Waals surface area contributed by atoms with E-state index in [9.17, 15) is 4.79 Å². The van der Waals surface area contributed by atoms with Crippen molar-refractivity contribution in [2.45, 2.75) is 58.4 Å². The second-order valence-corrected chi connectivity index (χ2v) is 6.07. The molecule has 0 bridgehead atoms. The van der Waals surface area contributed by atoms with Gasteiger partial charge < -0.3 is 24.3 Å². The number of carbonyl (C=O) groups is 1. The van der Waals surface area contributed by atoms with Crippen LogP contribution in [0.1, 0.15) is 53.8 Å². The highest BCUT2D eigenvalue weighted by atomic mass is 16.5. The van der Waals surface area contributed by atoms with Crippen LogP contribution < -0.4 is 5.32 Å². The molecule has 146 valence electrons. The Labute approximate surface area is 149 Å². The lowest BCUT2D eigenvalue weighted by Crippen LogP contribution is -2.30. The fourth-order valence-corrected chi connectivity index (χ4v) is 2.07. The molecule has 1 amide bonds. The van der Waals surface area contributed by atoms with Gasteiger partial charge in [0.15, 0.2) is 0 Å². The maximum atomic E-state index is 11.4. The Balaban J connectivity index is 0. The van der Waals surface area contributed by atoms with Crippen LogP contribution in [0.2, 0.25) is 0 Å². The van der Waals surface area contributed by atoms with Crippen molar-refractivity contribution < 1.29 is 25.2 Å². The maximum absolute atomic E-state index is 11.4. The average Bonchev–Trinajstić information content (AvgIpc) is 2.53. The van der Waals surface area contributed by atoms with Crippen LogP contribution in [0.4, 0.5) is 0 Å². The number of hydrogen-bond donors (Lipinski definition) is 1. The third kappa shape index (κ3) is 19.4. The van der Waals surface area contributed by atoms with E-state index in [1.54, 1.807) is 7.11 Å². The van der Waals surface area contributed by atoms with Gasteiger partial charge in [-0.15, -0.1) is 0 Å². The summed E-state index contributed by atoms with van der Waals surface area (Å²) in [5.41, 5.74) is 0. The number of amides is 1. The molecule has 0 saturated carbocycles. The lowest BCUT2D eigenvalue weighted by Gasteiger charge is -2.09. The molecule has 0 aromatic carbocycles. The predicted octanol–water partition coefficient (Wildman–Crippen LogP) is 2.79. The highest BCUT2D eigenvalue weighted by Crippen LogP contribution is 2.00. The van der Waals surface area contributed by atoms with E-state index in [0.29, 0.717) is 39.5 Å². The quantitative estimate of drug-likeness (QED) is 0.386. The van der Waals surface area contributed by atoms with Crippen molar-refractivity contribution >= 4 is 5.91 Å². The summed E-state index contributed by atoms with van der Waals surface area (Å²) in [5.74, 6) is 0.0840. The van der Waals surface area contributed by atoms with Crippen LogP contribution in [0.5, 0.6) is 0 Å². The lowest BCUT2D eigenvalue weighted by atomic mass is 10.2. The summed E-state index contributed by atoms with van der Waals surface area (Å²) >= 11 is 0. The number of nitrogens with one attached hydrogen (secondary N) is 1. The Morgan fingerprint density at radius 3 is 1.83 bits per heavy atom. The summed E-state index contributed by atoms with van der Waals surface area (Å²) < 4.78 is 21.4. The van der Waals surface area contributed by atoms with Gasteiger partial charge >= 0.3 is 0 Å². The molecule has 0 aliphatic carbocycles. The van der Waals surface area contributed by atoms with E-state index in [2.05, 4.69) is 5.32 Å². The molecule has 6 heteroatoms. The Hall–Kier alpha value is -0.690. The first kappa shape index (κ1) is 23.3. The fraction of sp³-hybridized carbons (Fsp3) is 0.944. The summed E-state index contributed by atoms with van der Waals surface area (Å²) in [5, 5.41) is 2.86. The van der Waals surface area contributed by atoms with Crippen molar-refractivity contribution in [2.24, 2.45) is 0 Å². The average molecular weight is 350 g/mol. The summed E-state index contributed by atoms with van der Waals surface area (Å²) in [7, 11) is 1.74. The first-order valence-electron chi connectivity index (χ1n) is 9.18. The van der Waals surface area contributed by atoms with Crippen molar-refractivity contribution in [1.82, 2.24) is 5.32 Å². The topological polar surface area (TPSA) is 66.0 Å². The summed E-state index contributed by atoms with van der Waals surface area (Å²) in [4.78, 5) is 11.4. The molecule has 0 unspecified atom stereocenters. The van der Waals surface area contributed by atoms with E-state index < -0.39 is 0 Å². The SMILES string of the molecule is COCCCCCCOCCOCCOCCCC(=O)NC(C)C.[HH]. The number of hydrogen-bond acceptors (Lipinski definition) is 5. The second-order valence-electron chi connectivity index (χ2n) is 6.07. The molecule has 0 fully saturated rings. The van der Waals surface area contributed by atoms with Gasteiger partial charge in [-0.1, -0.05) is 12.8 Å². The summed E-state index contributed by atoms with van der Waals surface area (Å²) in [6.07, 6.45) is 5.86. The van der Waals surface area contributed by atoms with Crippen LogP contribution in [-0.2, 0) is 23.7 Å². The van der Waals surface area contributed by atoms with Gasteiger partial charge in [-0.05, 0) is 33.1 Å². The van der Waals surface area contributed by atoms with Crippen LogP contribution in [0.15, 0.2) is 0 Å². The number of methoxy groups -OCH3 is 1. The van der Waals surface area contributed by atoms with Gasteiger partial charge in [0.25, 0.3) is 0 Å². The van der Waals surface area contributed by atoms with Crippen LogP contribution in [0, 0.1) is 0 Å². The number of ether oxygens (including phenoxy) is 4. The van der Waals surface area contributed by atoms with E-state index in [0.717, 1.165) is 32.5 Å². The second kappa shape index (κ2) is 18.6. The molecule has 0 aromatic heterocycles. The van der Waals surface area contributed by atoms with Crippen molar-refractivity contribution in [1.29, 1.82) is 0 Å². The van der Waals surface area contributed by atoms with Gasteiger partial charge in [0.05, 0.1) is 26.4 Å². The zero-order valence-corrected chi connectivity index (χ0v) is 15.8. The molecule has 0 spiro atoms. The minimum atomic E-state index is 0.